The number of hydrogen-bond acceptors (Lipinski definition) is 3. The Morgan fingerprint density at radius 3 is 2.95 bits per heavy atom. The zero-order chi connectivity index (χ0) is 15.2. The van der Waals surface area contributed by atoms with E-state index in [1.807, 2.05) is 24.3 Å². The highest BCUT2D eigenvalue weighted by atomic mass is 16.5. The number of nitrogens with zero attached hydrogens (tertiary/aromatic N) is 1. The van der Waals surface area contributed by atoms with Gasteiger partial charge in [0.25, 0.3) is 5.91 Å². The molecule has 22 heavy (non-hydrogen) atoms. The molecule has 1 aliphatic carbocycles. The zero-order valence-corrected chi connectivity index (χ0v) is 12.5. The molecule has 1 spiro atoms. The third-order valence-corrected chi connectivity index (χ3v) is 5.08. The zero-order valence-electron chi connectivity index (χ0n) is 12.5. The van der Waals surface area contributed by atoms with E-state index in [9.17, 15) is 9.59 Å². The minimum atomic E-state index is -0.845. The first kappa shape index (κ1) is 13.8. The number of nitrogens with one attached hydrogen (secondary N) is 1. The number of rotatable bonds is 2. The largest absolute Gasteiger partial charge is 0.376 e. The molecular formula is C17H20N2O3. The minimum Gasteiger partial charge on any atom is -0.376 e. The molecule has 1 N–H and O–H groups in total. The lowest BCUT2D eigenvalue weighted by Gasteiger charge is -2.27. The molecule has 1 aromatic rings. The quantitative estimate of drug-likeness (QED) is 0.849. The topological polar surface area (TPSA) is 58.6 Å². The number of benzene rings is 1. The van der Waals surface area contributed by atoms with Crippen LogP contribution in [0.15, 0.2) is 24.3 Å². The molecule has 3 amide bonds. The van der Waals surface area contributed by atoms with Gasteiger partial charge in [-0.25, -0.2) is 4.79 Å². The molecule has 3 aliphatic rings. The van der Waals surface area contributed by atoms with Crippen molar-refractivity contribution in [3.8, 4) is 0 Å². The number of carbonyl (C=O) groups is 2. The fraction of sp³-hybridized carbons (Fsp3) is 0.529. The highest BCUT2D eigenvalue weighted by Gasteiger charge is 2.55. The van der Waals surface area contributed by atoms with Crippen molar-refractivity contribution >= 4 is 11.9 Å². The Kier molecular flexibility index (Phi) is 3.18. The van der Waals surface area contributed by atoms with E-state index in [0.29, 0.717) is 13.0 Å². The Morgan fingerprint density at radius 2 is 2.14 bits per heavy atom. The van der Waals surface area contributed by atoms with E-state index in [-0.39, 0.29) is 18.0 Å². The lowest BCUT2D eigenvalue weighted by Crippen LogP contribution is -2.43. The van der Waals surface area contributed by atoms with Crippen molar-refractivity contribution in [1.82, 2.24) is 10.2 Å². The predicted octanol–water partition coefficient (Wildman–Crippen LogP) is 1.95. The van der Waals surface area contributed by atoms with Crippen LogP contribution in [0.1, 0.15) is 36.8 Å². The summed E-state index contributed by atoms with van der Waals surface area (Å²) in [6.45, 7) is 1.09. The highest BCUT2D eigenvalue weighted by molar-refractivity contribution is 6.08. The third kappa shape index (κ3) is 1.96. The summed E-state index contributed by atoms with van der Waals surface area (Å²) in [6, 6.07) is 7.62. The van der Waals surface area contributed by atoms with E-state index in [4.69, 9.17) is 4.74 Å². The van der Waals surface area contributed by atoms with Gasteiger partial charge in [-0.1, -0.05) is 24.3 Å². The van der Waals surface area contributed by atoms with E-state index in [1.54, 1.807) is 0 Å². The van der Waals surface area contributed by atoms with E-state index in [0.717, 1.165) is 43.4 Å². The van der Waals surface area contributed by atoms with Crippen LogP contribution in [0.25, 0.3) is 0 Å². The van der Waals surface area contributed by atoms with Gasteiger partial charge in [0, 0.05) is 6.61 Å². The molecule has 2 fully saturated rings. The van der Waals surface area contributed by atoms with Crippen molar-refractivity contribution in [2.45, 2.75) is 43.7 Å². The van der Waals surface area contributed by atoms with Crippen LogP contribution in [0.3, 0.4) is 0 Å². The number of ether oxygens (including phenoxy) is 1. The van der Waals surface area contributed by atoms with Crippen LogP contribution in [0.5, 0.6) is 0 Å². The second kappa shape index (κ2) is 5.09. The van der Waals surface area contributed by atoms with Crippen molar-refractivity contribution in [1.29, 1.82) is 0 Å². The van der Waals surface area contributed by atoms with Gasteiger partial charge in [0.2, 0.25) is 0 Å². The summed E-state index contributed by atoms with van der Waals surface area (Å²) in [4.78, 5) is 26.7. The van der Waals surface area contributed by atoms with Crippen molar-refractivity contribution in [2.75, 3.05) is 13.2 Å². The van der Waals surface area contributed by atoms with Crippen molar-refractivity contribution in [2.24, 2.45) is 0 Å². The summed E-state index contributed by atoms with van der Waals surface area (Å²) in [5, 5.41) is 2.96. The van der Waals surface area contributed by atoms with E-state index >= 15 is 0 Å². The molecule has 2 saturated heterocycles. The molecule has 5 nitrogen and oxygen atoms in total. The van der Waals surface area contributed by atoms with Crippen LogP contribution >= 0.6 is 0 Å². The maximum absolute atomic E-state index is 13.0. The van der Waals surface area contributed by atoms with E-state index < -0.39 is 5.54 Å². The molecule has 0 radical (unpaired) electrons. The first-order chi connectivity index (χ1) is 10.7. The number of aryl methyl sites for hydroxylation is 1. The number of urea groups is 1. The number of amides is 3. The maximum Gasteiger partial charge on any atom is 0.325 e. The fourth-order valence-electron chi connectivity index (χ4n) is 3.91. The van der Waals surface area contributed by atoms with Gasteiger partial charge >= 0.3 is 6.03 Å². The maximum atomic E-state index is 13.0. The summed E-state index contributed by atoms with van der Waals surface area (Å²) in [5.74, 6) is -0.114. The van der Waals surface area contributed by atoms with Crippen molar-refractivity contribution < 1.29 is 14.3 Å². The Labute approximate surface area is 129 Å². The van der Waals surface area contributed by atoms with Gasteiger partial charge in [-0.2, -0.15) is 0 Å². The van der Waals surface area contributed by atoms with Crippen LogP contribution in [-0.4, -0.2) is 36.1 Å². The van der Waals surface area contributed by atoms with Crippen LogP contribution in [0.4, 0.5) is 4.79 Å². The number of imide groups is 1. The Morgan fingerprint density at radius 1 is 1.27 bits per heavy atom. The predicted molar refractivity (Wildman–Crippen MR) is 80.3 cm³/mol. The van der Waals surface area contributed by atoms with Gasteiger partial charge in [-0.3, -0.25) is 9.69 Å². The lowest BCUT2D eigenvalue weighted by molar-refractivity contribution is -0.133. The van der Waals surface area contributed by atoms with Gasteiger partial charge < -0.3 is 10.1 Å². The molecule has 116 valence electrons. The Hall–Kier alpha value is -1.88. The van der Waals surface area contributed by atoms with E-state index in [2.05, 4.69) is 5.32 Å². The molecule has 0 bridgehead atoms. The van der Waals surface area contributed by atoms with Crippen LogP contribution in [0.2, 0.25) is 0 Å². The SMILES string of the molecule is O=C1NC2(CCc3ccccc32)C(=O)N1CC1CCCCO1. The first-order valence-corrected chi connectivity index (χ1v) is 8.05. The van der Waals surface area contributed by atoms with Gasteiger partial charge in [0.15, 0.2) is 0 Å². The van der Waals surface area contributed by atoms with Gasteiger partial charge in [-0.15, -0.1) is 0 Å². The first-order valence-electron chi connectivity index (χ1n) is 8.05. The summed E-state index contributed by atoms with van der Waals surface area (Å²) < 4.78 is 5.68. The van der Waals surface area contributed by atoms with Crippen molar-refractivity contribution in [3.63, 3.8) is 0 Å². The molecule has 1 aromatic carbocycles. The molecule has 2 unspecified atom stereocenters. The molecule has 0 saturated carbocycles. The molecule has 2 aliphatic heterocycles. The van der Waals surface area contributed by atoms with Gasteiger partial charge in [0.05, 0.1) is 12.6 Å². The number of hydrogen-bond donors (Lipinski definition) is 1. The number of fused-ring (bicyclic) bond motifs is 2. The highest BCUT2D eigenvalue weighted by Crippen LogP contribution is 2.41. The molecule has 2 heterocycles. The second-order valence-electron chi connectivity index (χ2n) is 6.40. The molecule has 4 rings (SSSR count). The lowest BCUT2D eigenvalue weighted by atomic mass is 9.92. The standard InChI is InChI=1S/C17H20N2O3/c20-15-17(9-8-12-5-1-2-7-14(12)17)18-16(21)19(15)11-13-6-3-4-10-22-13/h1-2,5,7,13H,3-4,6,8-11H2,(H,18,21). The summed E-state index contributed by atoms with van der Waals surface area (Å²) in [5.41, 5.74) is 1.27. The summed E-state index contributed by atoms with van der Waals surface area (Å²) >= 11 is 0. The van der Waals surface area contributed by atoms with Gasteiger partial charge in [0.1, 0.15) is 5.54 Å². The Bertz CT molecular complexity index is 624. The number of carbonyl (C=O) groups excluding carboxylic acids is 2. The van der Waals surface area contributed by atoms with Crippen LogP contribution in [-0.2, 0) is 21.5 Å². The third-order valence-electron chi connectivity index (χ3n) is 5.08. The van der Waals surface area contributed by atoms with Crippen molar-refractivity contribution in [3.05, 3.63) is 35.4 Å². The Balaban J connectivity index is 1.60. The summed E-state index contributed by atoms with van der Waals surface area (Å²) in [6.07, 6.45) is 4.54. The van der Waals surface area contributed by atoms with Crippen LogP contribution < -0.4 is 5.32 Å². The molecule has 2 atom stereocenters. The molecule has 0 aromatic heterocycles. The fourth-order valence-corrected chi connectivity index (χ4v) is 3.91. The molecular weight excluding hydrogens is 280 g/mol. The average Bonchev–Trinajstić information content (AvgIpc) is 3.03. The monoisotopic (exact) mass is 300 g/mol. The second-order valence-corrected chi connectivity index (χ2v) is 6.40. The van der Waals surface area contributed by atoms with Crippen LogP contribution in [0, 0.1) is 0 Å². The molecule has 5 heteroatoms. The normalized spacial score (nSPS) is 30.7. The smallest absolute Gasteiger partial charge is 0.325 e. The average molecular weight is 300 g/mol. The summed E-state index contributed by atoms with van der Waals surface area (Å²) in [7, 11) is 0. The minimum absolute atomic E-state index is 0.0183. The van der Waals surface area contributed by atoms with E-state index in [1.165, 1.54) is 4.90 Å². The van der Waals surface area contributed by atoms with Gasteiger partial charge in [-0.05, 0) is 43.2 Å².